The SMILES string of the molecule is O=C1CC(C(=O)NC2CCC(n3cnnc3)CC2)c2ccccc21. The molecule has 1 N–H and O–H groups in total. The van der Waals surface area contributed by atoms with Crippen LogP contribution in [0.15, 0.2) is 36.9 Å². The fraction of sp³-hybridized carbons (Fsp3) is 0.444. The van der Waals surface area contributed by atoms with Crippen LogP contribution in [-0.4, -0.2) is 32.5 Å². The van der Waals surface area contributed by atoms with Crippen LogP contribution >= 0.6 is 0 Å². The van der Waals surface area contributed by atoms with Crippen LogP contribution in [-0.2, 0) is 4.79 Å². The van der Waals surface area contributed by atoms with Crippen LogP contribution in [0.3, 0.4) is 0 Å². The fourth-order valence-electron chi connectivity index (χ4n) is 3.91. The lowest BCUT2D eigenvalue weighted by atomic mass is 9.90. The van der Waals surface area contributed by atoms with Crippen LogP contribution < -0.4 is 5.32 Å². The molecule has 0 bridgehead atoms. The Morgan fingerprint density at radius 3 is 2.54 bits per heavy atom. The molecule has 24 heavy (non-hydrogen) atoms. The maximum atomic E-state index is 12.6. The van der Waals surface area contributed by atoms with Gasteiger partial charge in [0.05, 0.1) is 5.92 Å². The van der Waals surface area contributed by atoms with E-state index < -0.39 is 0 Å². The van der Waals surface area contributed by atoms with Crippen molar-refractivity contribution in [3.05, 3.63) is 48.0 Å². The van der Waals surface area contributed by atoms with E-state index in [4.69, 9.17) is 0 Å². The molecule has 2 aromatic rings. The molecule has 0 aliphatic heterocycles. The maximum Gasteiger partial charge on any atom is 0.228 e. The smallest absolute Gasteiger partial charge is 0.228 e. The number of benzene rings is 1. The molecule has 2 aliphatic carbocycles. The molecule has 6 heteroatoms. The monoisotopic (exact) mass is 324 g/mol. The van der Waals surface area contributed by atoms with Crippen molar-refractivity contribution in [3.8, 4) is 0 Å². The molecule has 1 fully saturated rings. The Bertz CT molecular complexity index is 748. The second-order valence-corrected chi connectivity index (χ2v) is 6.69. The number of hydrogen-bond acceptors (Lipinski definition) is 4. The molecule has 4 rings (SSSR count). The van der Waals surface area contributed by atoms with E-state index in [1.54, 1.807) is 12.7 Å². The van der Waals surface area contributed by atoms with E-state index in [2.05, 4.69) is 15.5 Å². The summed E-state index contributed by atoms with van der Waals surface area (Å²) in [6.45, 7) is 0. The highest BCUT2D eigenvalue weighted by Crippen LogP contribution is 2.34. The van der Waals surface area contributed by atoms with Gasteiger partial charge in [-0.05, 0) is 31.2 Å². The average Bonchev–Trinajstić information content (AvgIpc) is 3.25. The third-order valence-electron chi connectivity index (χ3n) is 5.24. The van der Waals surface area contributed by atoms with Gasteiger partial charge in [0, 0.05) is 24.1 Å². The van der Waals surface area contributed by atoms with Crippen molar-refractivity contribution < 1.29 is 9.59 Å². The summed E-state index contributed by atoms with van der Waals surface area (Å²) in [5, 5.41) is 10.9. The molecule has 1 aromatic heterocycles. The first-order chi connectivity index (χ1) is 11.7. The third-order valence-corrected chi connectivity index (χ3v) is 5.24. The van der Waals surface area contributed by atoms with Crippen molar-refractivity contribution in [2.45, 2.75) is 50.1 Å². The van der Waals surface area contributed by atoms with Crippen molar-refractivity contribution in [3.63, 3.8) is 0 Å². The van der Waals surface area contributed by atoms with Crippen molar-refractivity contribution in [1.29, 1.82) is 0 Å². The van der Waals surface area contributed by atoms with E-state index in [9.17, 15) is 9.59 Å². The molecular formula is C18H20N4O2. The minimum atomic E-state index is -0.329. The van der Waals surface area contributed by atoms with E-state index in [1.165, 1.54) is 0 Å². The summed E-state index contributed by atoms with van der Waals surface area (Å²) in [4.78, 5) is 24.7. The number of carbonyl (C=O) groups excluding carboxylic acids is 2. The Morgan fingerprint density at radius 1 is 1.08 bits per heavy atom. The van der Waals surface area contributed by atoms with Crippen LogP contribution in [0, 0.1) is 0 Å². The Balaban J connectivity index is 1.37. The molecule has 1 atom stereocenters. The zero-order valence-corrected chi connectivity index (χ0v) is 13.4. The Kier molecular flexibility index (Phi) is 3.88. The van der Waals surface area contributed by atoms with Crippen molar-refractivity contribution in [2.75, 3.05) is 0 Å². The lowest BCUT2D eigenvalue weighted by Gasteiger charge is -2.30. The van der Waals surface area contributed by atoms with Gasteiger partial charge in [0.15, 0.2) is 5.78 Å². The quantitative estimate of drug-likeness (QED) is 0.939. The highest BCUT2D eigenvalue weighted by molar-refractivity contribution is 6.06. The summed E-state index contributed by atoms with van der Waals surface area (Å²) in [7, 11) is 0. The largest absolute Gasteiger partial charge is 0.353 e. The molecule has 0 spiro atoms. The molecule has 0 saturated heterocycles. The summed E-state index contributed by atoms with van der Waals surface area (Å²) in [5.74, 6) is -0.271. The van der Waals surface area contributed by atoms with Gasteiger partial charge < -0.3 is 9.88 Å². The lowest BCUT2D eigenvalue weighted by molar-refractivity contribution is -0.123. The second-order valence-electron chi connectivity index (χ2n) is 6.69. The Morgan fingerprint density at radius 2 is 1.79 bits per heavy atom. The molecule has 1 saturated carbocycles. The standard InChI is InChI=1S/C18H20N4O2/c23-17-9-16(14-3-1-2-4-15(14)17)18(24)21-12-5-7-13(8-6-12)22-10-19-20-11-22/h1-4,10-13,16H,5-9H2,(H,21,24). The van der Waals surface area contributed by atoms with E-state index in [0.717, 1.165) is 31.2 Å². The van der Waals surface area contributed by atoms with E-state index in [0.29, 0.717) is 18.0 Å². The zero-order chi connectivity index (χ0) is 16.5. The summed E-state index contributed by atoms with van der Waals surface area (Å²) in [6, 6.07) is 8.06. The van der Waals surface area contributed by atoms with Crippen molar-refractivity contribution in [1.82, 2.24) is 20.1 Å². The summed E-state index contributed by atoms with van der Waals surface area (Å²) in [6.07, 6.45) is 7.69. The predicted octanol–water partition coefficient (Wildman–Crippen LogP) is 2.25. The van der Waals surface area contributed by atoms with Gasteiger partial charge in [-0.25, -0.2) is 0 Å². The first-order valence-corrected chi connectivity index (χ1v) is 8.49. The lowest BCUT2D eigenvalue weighted by Crippen LogP contribution is -2.40. The van der Waals surface area contributed by atoms with Gasteiger partial charge in [-0.1, -0.05) is 24.3 Å². The topological polar surface area (TPSA) is 76.9 Å². The minimum absolute atomic E-state index is 0.0129. The van der Waals surface area contributed by atoms with Gasteiger partial charge in [0.1, 0.15) is 12.7 Å². The summed E-state index contributed by atoms with van der Waals surface area (Å²) in [5.41, 5.74) is 1.58. The average molecular weight is 324 g/mol. The molecule has 1 aromatic carbocycles. The van der Waals surface area contributed by atoms with Crippen LogP contribution in [0.1, 0.15) is 60.0 Å². The van der Waals surface area contributed by atoms with Gasteiger partial charge in [-0.15, -0.1) is 10.2 Å². The number of rotatable bonds is 3. The molecular weight excluding hydrogens is 304 g/mol. The Hall–Kier alpha value is -2.50. The van der Waals surface area contributed by atoms with Gasteiger partial charge in [-0.3, -0.25) is 9.59 Å². The number of Topliss-reactive ketones (excluding diaryl/α,β-unsaturated/α-hetero) is 1. The molecule has 6 nitrogen and oxygen atoms in total. The molecule has 1 amide bonds. The molecule has 1 heterocycles. The fourth-order valence-corrected chi connectivity index (χ4v) is 3.91. The molecule has 1 unspecified atom stereocenters. The number of aromatic nitrogens is 3. The van der Waals surface area contributed by atoms with E-state index >= 15 is 0 Å². The third kappa shape index (κ3) is 2.72. The number of hydrogen-bond donors (Lipinski definition) is 1. The number of nitrogens with zero attached hydrogens (tertiary/aromatic N) is 3. The number of amides is 1. The summed E-state index contributed by atoms with van der Waals surface area (Å²) >= 11 is 0. The predicted molar refractivity (Wildman–Crippen MR) is 87.6 cm³/mol. The summed E-state index contributed by atoms with van der Waals surface area (Å²) < 4.78 is 2.05. The van der Waals surface area contributed by atoms with Crippen LogP contribution in [0.4, 0.5) is 0 Å². The van der Waals surface area contributed by atoms with Crippen molar-refractivity contribution in [2.24, 2.45) is 0 Å². The zero-order valence-electron chi connectivity index (χ0n) is 13.4. The number of fused-ring (bicyclic) bond motifs is 1. The number of ketones is 1. The minimum Gasteiger partial charge on any atom is -0.353 e. The highest BCUT2D eigenvalue weighted by Gasteiger charge is 2.35. The van der Waals surface area contributed by atoms with Crippen LogP contribution in [0.25, 0.3) is 0 Å². The molecule has 2 aliphatic rings. The first kappa shape index (κ1) is 15.1. The highest BCUT2D eigenvalue weighted by atomic mass is 16.2. The molecule has 124 valence electrons. The van der Waals surface area contributed by atoms with Gasteiger partial charge in [0.25, 0.3) is 0 Å². The van der Waals surface area contributed by atoms with Gasteiger partial charge in [0.2, 0.25) is 5.91 Å². The van der Waals surface area contributed by atoms with Crippen LogP contribution in [0.5, 0.6) is 0 Å². The van der Waals surface area contributed by atoms with Gasteiger partial charge >= 0.3 is 0 Å². The first-order valence-electron chi connectivity index (χ1n) is 8.49. The normalized spacial score (nSPS) is 26.2. The van der Waals surface area contributed by atoms with Crippen molar-refractivity contribution >= 4 is 11.7 Å². The Labute approximate surface area is 140 Å². The van der Waals surface area contributed by atoms with Crippen LogP contribution in [0.2, 0.25) is 0 Å². The molecule has 0 radical (unpaired) electrons. The number of nitrogens with one attached hydrogen (secondary N) is 1. The number of carbonyl (C=O) groups is 2. The van der Waals surface area contributed by atoms with E-state index in [1.807, 2.05) is 28.8 Å². The maximum absolute atomic E-state index is 12.6. The second kappa shape index (κ2) is 6.19. The van der Waals surface area contributed by atoms with Gasteiger partial charge in [-0.2, -0.15) is 0 Å². The van der Waals surface area contributed by atoms with E-state index in [-0.39, 0.29) is 23.7 Å².